The number of hydrogen-bond donors (Lipinski definition) is 2. The maximum atomic E-state index is 10.5. The van der Waals surface area contributed by atoms with E-state index in [1.807, 2.05) is 0 Å². The van der Waals surface area contributed by atoms with Gasteiger partial charge in [0.25, 0.3) is 0 Å². The van der Waals surface area contributed by atoms with Gasteiger partial charge in [-0.3, -0.25) is 3.53 Å². The average Bonchev–Trinajstić information content (AvgIpc) is 1.89. The van der Waals surface area contributed by atoms with Gasteiger partial charge in [-0.05, 0) is 6.42 Å². The van der Waals surface area contributed by atoms with Crippen LogP contribution in [0.3, 0.4) is 0 Å². The lowest BCUT2D eigenvalue weighted by Crippen LogP contribution is -2.29. The van der Waals surface area contributed by atoms with Gasteiger partial charge in [0.05, 0.1) is 22.9 Å². The summed E-state index contributed by atoms with van der Waals surface area (Å²) in [6.45, 7) is 2.86. The van der Waals surface area contributed by atoms with Crippen molar-refractivity contribution in [2.24, 2.45) is 0 Å². The van der Waals surface area contributed by atoms with Crippen molar-refractivity contribution in [3.63, 3.8) is 0 Å². The molecular weight excluding hydrogens is 231 g/mol. The Balaban J connectivity index is 2.97. The van der Waals surface area contributed by atoms with Gasteiger partial charge in [-0.15, -0.1) is 0 Å². The number of urea groups is 1. The highest BCUT2D eigenvalue weighted by molar-refractivity contribution is 14.1. The van der Waals surface area contributed by atoms with Gasteiger partial charge in [0, 0.05) is 6.54 Å². The molecule has 0 spiro atoms. The highest BCUT2D eigenvalue weighted by atomic mass is 127. The van der Waals surface area contributed by atoms with Crippen molar-refractivity contribution >= 4 is 28.9 Å². The largest absolute Gasteiger partial charge is 0.338 e. The number of hydrogen-bond acceptors (Lipinski definition) is 1. The number of carbonyl (C=O) groups is 1. The first kappa shape index (κ1) is 9.00. The van der Waals surface area contributed by atoms with Gasteiger partial charge in [-0.1, -0.05) is 13.3 Å². The molecule has 0 rings (SSSR count). The van der Waals surface area contributed by atoms with Gasteiger partial charge in [-0.2, -0.15) is 0 Å². The van der Waals surface area contributed by atoms with E-state index in [1.165, 1.54) is 0 Å². The smallest absolute Gasteiger partial charge is 0.323 e. The van der Waals surface area contributed by atoms with Crippen LogP contribution in [-0.2, 0) is 0 Å². The fourth-order valence-electron chi connectivity index (χ4n) is 0.412. The monoisotopic (exact) mass is 242 g/mol. The fraction of sp³-hybridized carbons (Fsp3) is 0.800. The highest BCUT2D eigenvalue weighted by Crippen LogP contribution is 1.82. The summed E-state index contributed by atoms with van der Waals surface area (Å²) in [5.41, 5.74) is 0. The minimum Gasteiger partial charge on any atom is -0.338 e. The zero-order valence-electron chi connectivity index (χ0n) is 5.41. The third-order valence-electron chi connectivity index (χ3n) is 0.902. The first-order valence-electron chi connectivity index (χ1n) is 2.95. The molecule has 4 heteroatoms. The topological polar surface area (TPSA) is 41.1 Å². The summed E-state index contributed by atoms with van der Waals surface area (Å²) in [7, 11) is 0. The van der Waals surface area contributed by atoms with Gasteiger partial charge in [0.15, 0.2) is 0 Å². The number of unbranched alkanes of at least 4 members (excludes halogenated alkanes) is 1. The van der Waals surface area contributed by atoms with Crippen molar-refractivity contribution in [3.8, 4) is 0 Å². The van der Waals surface area contributed by atoms with E-state index >= 15 is 0 Å². The van der Waals surface area contributed by atoms with Crippen molar-refractivity contribution < 1.29 is 4.79 Å². The number of amides is 2. The molecule has 2 N–H and O–H groups in total. The minimum absolute atomic E-state index is 0.107. The van der Waals surface area contributed by atoms with E-state index < -0.39 is 0 Å². The van der Waals surface area contributed by atoms with Crippen molar-refractivity contribution in [2.45, 2.75) is 19.8 Å². The lowest BCUT2D eigenvalue weighted by atomic mass is 10.3. The maximum Gasteiger partial charge on any atom is 0.323 e. The second-order valence-corrected chi connectivity index (χ2v) is 2.24. The Labute approximate surface area is 69.1 Å². The molecule has 0 saturated carbocycles. The third-order valence-corrected chi connectivity index (χ3v) is 1.39. The van der Waals surface area contributed by atoms with Crippen LogP contribution in [0, 0.1) is 0 Å². The van der Waals surface area contributed by atoms with Crippen molar-refractivity contribution in [3.05, 3.63) is 0 Å². The molecule has 0 aromatic heterocycles. The first-order valence-corrected chi connectivity index (χ1v) is 4.03. The Bertz CT molecular complexity index is 87.0. The quantitative estimate of drug-likeness (QED) is 0.438. The molecule has 0 atom stereocenters. The molecule has 0 aromatic rings. The summed E-state index contributed by atoms with van der Waals surface area (Å²) in [6.07, 6.45) is 2.16. The second kappa shape index (κ2) is 6.12. The van der Waals surface area contributed by atoms with Crippen LogP contribution in [0.25, 0.3) is 0 Å². The second-order valence-electron chi connectivity index (χ2n) is 1.70. The predicted octanol–water partition coefficient (Wildman–Crippen LogP) is 1.44. The van der Waals surface area contributed by atoms with Crippen LogP contribution in [0.1, 0.15) is 19.8 Å². The van der Waals surface area contributed by atoms with Crippen molar-refractivity contribution in [2.75, 3.05) is 6.54 Å². The van der Waals surface area contributed by atoms with Gasteiger partial charge in [0.2, 0.25) is 0 Å². The van der Waals surface area contributed by atoms with Crippen molar-refractivity contribution in [1.82, 2.24) is 8.85 Å². The van der Waals surface area contributed by atoms with E-state index in [2.05, 4.69) is 15.8 Å². The van der Waals surface area contributed by atoms with E-state index in [9.17, 15) is 4.79 Å². The number of carbonyl (C=O) groups excluding carboxylic acids is 1. The van der Waals surface area contributed by atoms with Crippen LogP contribution in [0.2, 0.25) is 0 Å². The van der Waals surface area contributed by atoms with Gasteiger partial charge < -0.3 is 5.32 Å². The standard InChI is InChI=1S/C5H11IN2O/c1-2-3-4-7-5(9)8-6/h2-4H2,1H3,(H2,7,8,9). The number of nitrogens with one attached hydrogen (secondary N) is 2. The molecular formula is C5H11IN2O. The van der Waals surface area contributed by atoms with Gasteiger partial charge >= 0.3 is 6.03 Å². The van der Waals surface area contributed by atoms with E-state index in [-0.39, 0.29) is 6.03 Å². The van der Waals surface area contributed by atoms with Crippen LogP contribution in [0.5, 0.6) is 0 Å². The Hall–Kier alpha value is 0. The molecule has 0 aliphatic rings. The Morgan fingerprint density at radius 3 is 2.78 bits per heavy atom. The molecule has 0 aromatic carbocycles. The zero-order chi connectivity index (χ0) is 7.11. The van der Waals surface area contributed by atoms with Crippen LogP contribution >= 0.6 is 22.9 Å². The summed E-state index contributed by atoms with van der Waals surface area (Å²) in [6, 6.07) is -0.107. The molecule has 0 bridgehead atoms. The van der Waals surface area contributed by atoms with Crippen molar-refractivity contribution in [1.29, 1.82) is 0 Å². The summed E-state index contributed by atoms with van der Waals surface area (Å²) < 4.78 is 2.44. The third kappa shape index (κ3) is 5.88. The zero-order valence-corrected chi connectivity index (χ0v) is 7.57. The lowest BCUT2D eigenvalue weighted by molar-refractivity contribution is 0.247. The van der Waals surface area contributed by atoms with Gasteiger partial charge in [-0.25, -0.2) is 4.79 Å². The van der Waals surface area contributed by atoms with Crippen LogP contribution in [0.15, 0.2) is 0 Å². The Kier molecular flexibility index (Phi) is 6.12. The summed E-state index contributed by atoms with van der Waals surface area (Å²) in [5.74, 6) is 0. The maximum absolute atomic E-state index is 10.5. The molecule has 0 fully saturated rings. The Morgan fingerprint density at radius 1 is 1.67 bits per heavy atom. The van der Waals surface area contributed by atoms with Crippen LogP contribution in [-0.4, -0.2) is 12.6 Å². The minimum atomic E-state index is -0.107. The van der Waals surface area contributed by atoms with Gasteiger partial charge in [0.1, 0.15) is 0 Å². The van der Waals surface area contributed by atoms with Crippen LogP contribution in [0.4, 0.5) is 4.79 Å². The molecule has 0 aliphatic heterocycles. The molecule has 0 saturated heterocycles. The Morgan fingerprint density at radius 2 is 2.33 bits per heavy atom. The fourth-order valence-corrected chi connectivity index (χ4v) is 0.603. The molecule has 2 amide bonds. The van der Waals surface area contributed by atoms with E-state index in [4.69, 9.17) is 0 Å². The summed E-state index contributed by atoms with van der Waals surface area (Å²) in [5, 5.41) is 2.68. The molecule has 54 valence electrons. The lowest BCUT2D eigenvalue weighted by Gasteiger charge is -1.99. The first-order chi connectivity index (χ1) is 4.31. The van der Waals surface area contributed by atoms with E-state index in [1.54, 1.807) is 22.9 Å². The van der Waals surface area contributed by atoms with Crippen LogP contribution < -0.4 is 8.85 Å². The highest BCUT2D eigenvalue weighted by Gasteiger charge is 1.91. The average molecular weight is 242 g/mol. The summed E-state index contributed by atoms with van der Waals surface area (Å²) >= 11 is 1.80. The number of halogens is 1. The molecule has 0 radical (unpaired) electrons. The SMILES string of the molecule is CCCCNC(=O)NI. The predicted molar refractivity (Wildman–Crippen MR) is 45.5 cm³/mol. The number of rotatable bonds is 3. The summed E-state index contributed by atoms with van der Waals surface area (Å²) in [4.78, 5) is 10.5. The molecule has 0 unspecified atom stereocenters. The molecule has 0 aliphatic carbocycles. The van der Waals surface area contributed by atoms with E-state index in [0.717, 1.165) is 19.4 Å². The van der Waals surface area contributed by atoms with E-state index in [0.29, 0.717) is 0 Å². The normalized spacial score (nSPS) is 8.67. The molecule has 0 heterocycles. The molecule has 3 nitrogen and oxygen atoms in total. The molecule has 9 heavy (non-hydrogen) atoms.